The van der Waals surface area contributed by atoms with Gasteiger partial charge in [0.25, 0.3) is 0 Å². The van der Waals surface area contributed by atoms with Gasteiger partial charge in [-0.25, -0.2) is 15.0 Å². The maximum absolute atomic E-state index is 11.6. The number of anilines is 1. The van der Waals surface area contributed by atoms with Crippen molar-refractivity contribution in [2.24, 2.45) is 0 Å². The Bertz CT molecular complexity index is 951. The number of imidazole rings is 1. The average Bonchev–Trinajstić information content (AvgIpc) is 3.07. The minimum Gasteiger partial charge on any atom is -0.790 e. The van der Waals surface area contributed by atoms with Gasteiger partial charge >= 0.3 is 88.7 Å². The molecule has 20 heteroatoms. The number of phosphoric acid groups is 1. The van der Waals surface area contributed by atoms with Crippen molar-refractivity contribution in [1.29, 1.82) is 0 Å². The van der Waals surface area contributed by atoms with Crippen LogP contribution in [0.25, 0.3) is 11.2 Å². The van der Waals surface area contributed by atoms with Crippen molar-refractivity contribution in [3.63, 3.8) is 0 Å². The number of nitrogens with zero attached hydrogens (tertiary/aromatic N) is 4. The van der Waals surface area contributed by atoms with E-state index in [9.17, 15) is 29.1 Å². The molecule has 1 fully saturated rings. The Morgan fingerprint density at radius 1 is 1.20 bits per heavy atom. The zero-order chi connectivity index (χ0) is 20.0. The largest absolute Gasteiger partial charge is 1.00 e. The minimum atomic E-state index is -5.66. The van der Waals surface area contributed by atoms with Crippen LogP contribution in [-0.2, 0) is 22.7 Å². The van der Waals surface area contributed by atoms with Crippen molar-refractivity contribution in [3.05, 3.63) is 12.7 Å². The van der Waals surface area contributed by atoms with Gasteiger partial charge in [-0.05, 0) is 0 Å². The molecule has 0 aliphatic carbocycles. The van der Waals surface area contributed by atoms with Crippen LogP contribution in [0.4, 0.5) is 5.82 Å². The molecule has 1 saturated heterocycles. The molecular weight excluding hydrogens is 476 g/mol. The van der Waals surface area contributed by atoms with Gasteiger partial charge in [0.2, 0.25) is 0 Å². The molecule has 4 N–H and O–H groups in total. The SMILES string of the molecule is [B-][P@@](=O)(OC[C@H]1O[C@@H](n2cnc3c(N)ncnc32)[C@H](O)[C@@H]1O)OP(=O)([O-])[O-].[Na+].[Na+].[Na+]. The third kappa shape index (κ3) is 7.56. The number of nitrogens with two attached hydrogens (primary N) is 1. The molecular formula is C10H12BN5Na3O9P2. The molecule has 3 radical (unpaired) electrons. The summed E-state index contributed by atoms with van der Waals surface area (Å²) in [6, 6.07) is 0. The Labute approximate surface area is 237 Å². The Morgan fingerprint density at radius 3 is 2.43 bits per heavy atom. The molecule has 147 valence electrons. The zero-order valence-corrected chi connectivity index (χ0v) is 24.1. The number of ether oxygens (including phenoxy) is 1. The van der Waals surface area contributed by atoms with Gasteiger partial charge in [0.1, 0.15) is 30.2 Å². The van der Waals surface area contributed by atoms with Gasteiger partial charge in [0, 0.05) is 0 Å². The quantitative estimate of drug-likeness (QED) is 0.255. The average molecular weight is 488 g/mol. The molecule has 30 heavy (non-hydrogen) atoms. The summed E-state index contributed by atoms with van der Waals surface area (Å²) in [5, 5.41) is 20.3. The predicted molar refractivity (Wildman–Crippen MR) is 83.7 cm³/mol. The second-order valence-electron chi connectivity index (χ2n) is 5.49. The fraction of sp³-hybridized carbons (Fsp3) is 0.500. The number of aliphatic hydroxyl groups excluding tert-OH is 2. The first-order chi connectivity index (χ1) is 12.5. The molecule has 1 aliphatic rings. The molecule has 3 heterocycles. The number of nitrogen functional groups attached to an aromatic ring is 1. The number of aromatic nitrogens is 4. The van der Waals surface area contributed by atoms with E-state index in [1.807, 2.05) is 0 Å². The molecule has 0 unspecified atom stereocenters. The van der Waals surface area contributed by atoms with Crippen molar-refractivity contribution in [1.82, 2.24) is 19.5 Å². The summed E-state index contributed by atoms with van der Waals surface area (Å²) >= 11 is 0. The van der Waals surface area contributed by atoms with Gasteiger partial charge in [0.15, 0.2) is 17.7 Å². The van der Waals surface area contributed by atoms with Crippen LogP contribution in [0.1, 0.15) is 6.23 Å². The van der Waals surface area contributed by atoms with Crippen LogP contribution in [0.5, 0.6) is 0 Å². The van der Waals surface area contributed by atoms with E-state index in [1.54, 1.807) is 0 Å². The van der Waals surface area contributed by atoms with E-state index in [0.717, 1.165) is 0 Å². The van der Waals surface area contributed by atoms with Crippen LogP contribution in [0.3, 0.4) is 0 Å². The van der Waals surface area contributed by atoms with Crippen molar-refractivity contribution in [3.8, 4) is 0 Å². The summed E-state index contributed by atoms with van der Waals surface area (Å²) in [7, 11) is -5.44. The number of aliphatic hydroxyl groups is 2. The summed E-state index contributed by atoms with van der Waals surface area (Å²) in [4.78, 5) is 32.7. The fourth-order valence-electron chi connectivity index (χ4n) is 2.49. The van der Waals surface area contributed by atoms with Gasteiger partial charge in [-0.2, -0.15) is 0 Å². The van der Waals surface area contributed by atoms with Gasteiger partial charge in [-0.1, -0.05) is 0 Å². The molecule has 0 spiro atoms. The van der Waals surface area contributed by atoms with E-state index in [4.69, 9.17) is 18.0 Å². The van der Waals surface area contributed by atoms with Crippen molar-refractivity contribution >= 4 is 39.8 Å². The molecule has 5 atom stereocenters. The number of hydrogen-bond acceptors (Lipinski definition) is 13. The van der Waals surface area contributed by atoms with E-state index in [1.165, 1.54) is 17.2 Å². The number of hydrogen-bond donors (Lipinski definition) is 3. The standard InChI is InChI=1S/C10H14BN5O9P2.3Na/c11-26(19,25-27(20,21)22)23-1-4-6(17)7(18)10(24-4)16-3-15-5-8(12)13-2-14-9(5)16;;;/h2-4,6-7,10,17-18H,1H2,(H2,12,13,14)(H2,20,21,22);;;/q-1;3*+1/p-2/t4-,6-,7-,10-,26-;;;/m1.../s1. The molecule has 2 aromatic rings. The van der Waals surface area contributed by atoms with Gasteiger partial charge < -0.3 is 56.0 Å². The second kappa shape index (κ2) is 12.3. The predicted octanol–water partition coefficient (Wildman–Crippen LogP) is -11.8. The van der Waals surface area contributed by atoms with Crippen molar-refractivity contribution in [2.45, 2.75) is 24.5 Å². The van der Waals surface area contributed by atoms with Crippen LogP contribution in [-0.4, -0.2) is 62.2 Å². The molecule has 14 nitrogen and oxygen atoms in total. The number of fused-ring (bicyclic) bond motifs is 1. The van der Waals surface area contributed by atoms with Crippen LogP contribution in [0, 0.1) is 0 Å². The Balaban J connectivity index is 0.00000280. The molecule has 0 amide bonds. The Morgan fingerprint density at radius 2 is 1.83 bits per heavy atom. The topological polar surface area (TPSA) is 218 Å². The van der Waals surface area contributed by atoms with E-state index in [0.29, 0.717) is 0 Å². The maximum Gasteiger partial charge on any atom is 1.00 e. The zero-order valence-electron chi connectivity index (χ0n) is 16.3. The van der Waals surface area contributed by atoms with Crippen LogP contribution in [0.15, 0.2) is 12.7 Å². The molecule has 1 aliphatic heterocycles. The fourth-order valence-corrected chi connectivity index (χ4v) is 4.15. The van der Waals surface area contributed by atoms with E-state index >= 15 is 0 Å². The summed E-state index contributed by atoms with van der Waals surface area (Å²) in [5.41, 5.74) is 6.13. The first-order valence-electron chi connectivity index (χ1n) is 7.20. The summed E-state index contributed by atoms with van der Waals surface area (Å²) < 4.78 is 37.0. The second-order valence-corrected chi connectivity index (χ2v) is 8.38. The normalized spacial score (nSPS) is 25.6. The van der Waals surface area contributed by atoms with Crippen LogP contribution >= 0.6 is 15.3 Å². The first-order valence-corrected chi connectivity index (χ1v) is 10.3. The van der Waals surface area contributed by atoms with Gasteiger partial charge in [-0.15, -0.1) is 0 Å². The smallest absolute Gasteiger partial charge is 0.790 e. The van der Waals surface area contributed by atoms with Crippen molar-refractivity contribution < 1.29 is 131 Å². The Hall–Kier alpha value is 1.59. The monoisotopic (exact) mass is 488 g/mol. The minimum absolute atomic E-state index is 0. The first kappa shape index (κ1) is 31.6. The molecule has 2 aromatic heterocycles. The van der Waals surface area contributed by atoms with Gasteiger partial charge in [-0.3, -0.25) is 4.57 Å². The van der Waals surface area contributed by atoms with Crippen LogP contribution in [0.2, 0.25) is 0 Å². The van der Waals surface area contributed by atoms with Crippen molar-refractivity contribution in [2.75, 3.05) is 12.3 Å². The maximum atomic E-state index is 11.6. The van der Waals surface area contributed by atoms with Crippen LogP contribution < -0.4 is 104 Å². The van der Waals surface area contributed by atoms with E-state index in [-0.39, 0.29) is 106 Å². The molecule has 0 aromatic carbocycles. The third-order valence-corrected chi connectivity index (χ3v) is 5.85. The molecule has 3 rings (SSSR count). The van der Waals surface area contributed by atoms with E-state index in [2.05, 4.69) is 23.8 Å². The summed E-state index contributed by atoms with van der Waals surface area (Å²) in [6.07, 6.45) is -3.09. The Kier molecular flexibility index (Phi) is 13.0. The van der Waals surface area contributed by atoms with E-state index < -0.39 is 46.4 Å². The number of rotatable bonds is 6. The third-order valence-electron chi connectivity index (χ3n) is 3.63. The summed E-state index contributed by atoms with van der Waals surface area (Å²) in [5.74, 6) is 0.0903. The van der Waals surface area contributed by atoms with Gasteiger partial charge in [0.05, 0.1) is 28.2 Å². The molecule has 0 saturated carbocycles. The molecule has 0 bridgehead atoms. The summed E-state index contributed by atoms with van der Waals surface area (Å²) in [6.45, 7) is -0.744.